The molecule has 4 N–H and O–H groups in total. The SMILES string of the molecule is Cc1c(OCCCC(C)(N)C(N)=O)cccc1[N+](=O)[O-]. The second-order valence-corrected chi connectivity index (χ2v) is 4.89. The summed E-state index contributed by atoms with van der Waals surface area (Å²) in [5.41, 5.74) is 10.3. The van der Waals surface area contributed by atoms with Gasteiger partial charge in [0.2, 0.25) is 5.91 Å². The number of nitro benzene ring substituents is 1. The highest BCUT2D eigenvalue weighted by Gasteiger charge is 2.24. The molecule has 1 amide bonds. The van der Waals surface area contributed by atoms with Crippen LogP contribution in [0.2, 0.25) is 0 Å². The van der Waals surface area contributed by atoms with E-state index in [0.717, 1.165) is 0 Å². The number of hydrogen-bond acceptors (Lipinski definition) is 5. The number of carbonyl (C=O) groups is 1. The zero-order chi connectivity index (χ0) is 15.3. The molecule has 0 bridgehead atoms. The van der Waals surface area contributed by atoms with E-state index in [9.17, 15) is 14.9 Å². The van der Waals surface area contributed by atoms with Crippen molar-refractivity contribution in [3.05, 3.63) is 33.9 Å². The molecule has 1 atom stereocenters. The summed E-state index contributed by atoms with van der Waals surface area (Å²) >= 11 is 0. The molecule has 0 spiro atoms. The van der Waals surface area contributed by atoms with Crippen LogP contribution in [0.15, 0.2) is 18.2 Å². The van der Waals surface area contributed by atoms with E-state index in [0.29, 0.717) is 30.8 Å². The number of carbonyl (C=O) groups excluding carboxylic acids is 1. The molecule has 1 aromatic carbocycles. The van der Waals surface area contributed by atoms with Gasteiger partial charge in [-0.3, -0.25) is 14.9 Å². The first-order valence-corrected chi connectivity index (χ1v) is 6.21. The molecule has 0 aromatic heterocycles. The fraction of sp³-hybridized carbons (Fsp3) is 0.462. The van der Waals surface area contributed by atoms with Gasteiger partial charge in [0.25, 0.3) is 5.69 Å². The molecule has 0 saturated carbocycles. The molecule has 0 radical (unpaired) electrons. The Morgan fingerprint density at radius 3 is 2.70 bits per heavy atom. The van der Waals surface area contributed by atoms with E-state index in [-0.39, 0.29) is 5.69 Å². The number of nitrogens with two attached hydrogens (primary N) is 2. The van der Waals surface area contributed by atoms with Crippen LogP contribution in [0, 0.1) is 17.0 Å². The maximum Gasteiger partial charge on any atom is 0.276 e. The number of benzene rings is 1. The van der Waals surface area contributed by atoms with E-state index >= 15 is 0 Å². The van der Waals surface area contributed by atoms with Gasteiger partial charge in [-0.2, -0.15) is 0 Å². The third-order valence-electron chi connectivity index (χ3n) is 3.11. The number of ether oxygens (including phenoxy) is 1. The highest BCUT2D eigenvalue weighted by Crippen LogP contribution is 2.27. The number of primary amides is 1. The minimum Gasteiger partial charge on any atom is -0.493 e. The van der Waals surface area contributed by atoms with Gasteiger partial charge in [0.1, 0.15) is 5.75 Å². The summed E-state index contributed by atoms with van der Waals surface area (Å²) in [6, 6.07) is 4.65. The molecular weight excluding hydrogens is 262 g/mol. The van der Waals surface area contributed by atoms with Crippen molar-refractivity contribution in [2.45, 2.75) is 32.2 Å². The second-order valence-electron chi connectivity index (χ2n) is 4.89. The van der Waals surface area contributed by atoms with Crippen molar-refractivity contribution in [3.8, 4) is 5.75 Å². The van der Waals surface area contributed by atoms with E-state index in [1.165, 1.54) is 6.07 Å². The lowest BCUT2D eigenvalue weighted by Gasteiger charge is -2.20. The molecular formula is C13H19N3O4. The highest BCUT2D eigenvalue weighted by atomic mass is 16.6. The maximum atomic E-state index is 11.0. The second kappa shape index (κ2) is 6.33. The van der Waals surface area contributed by atoms with Gasteiger partial charge >= 0.3 is 0 Å². The highest BCUT2D eigenvalue weighted by molar-refractivity contribution is 5.83. The largest absolute Gasteiger partial charge is 0.493 e. The van der Waals surface area contributed by atoms with Crippen LogP contribution in [0.25, 0.3) is 0 Å². The van der Waals surface area contributed by atoms with Crippen LogP contribution in [0.1, 0.15) is 25.3 Å². The van der Waals surface area contributed by atoms with Gasteiger partial charge in [-0.05, 0) is 32.8 Å². The van der Waals surface area contributed by atoms with Gasteiger partial charge in [-0.25, -0.2) is 0 Å². The molecule has 1 unspecified atom stereocenters. The number of amides is 1. The van der Waals surface area contributed by atoms with Crippen LogP contribution < -0.4 is 16.2 Å². The topological polar surface area (TPSA) is 121 Å². The summed E-state index contributed by atoms with van der Waals surface area (Å²) in [6.45, 7) is 3.50. The van der Waals surface area contributed by atoms with Crippen molar-refractivity contribution < 1.29 is 14.5 Å². The molecule has 20 heavy (non-hydrogen) atoms. The smallest absolute Gasteiger partial charge is 0.276 e. The first-order valence-electron chi connectivity index (χ1n) is 6.21. The Bertz CT molecular complexity index is 514. The van der Waals surface area contributed by atoms with Crippen LogP contribution in [-0.4, -0.2) is 23.0 Å². The first kappa shape index (κ1) is 15.9. The van der Waals surface area contributed by atoms with Crippen molar-refractivity contribution in [2.75, 3.05) is 6.61 Å². The van der Waals surface area contributed by atoms with Crippen LogP contribution in [0.4, 0.5) is 5.69 Å². The van der Waals surface area contributed by atoms with E-state index < -0.39 is 16.4 Å². The normalized spacial score (nSPS) is 13.6. The van der Waals surface area contributed by atoms with Gasteiger partial charge in [-0.1, -0.05) is 6.07 Å². The zero-order valence-corrected chi connectivity index (χ0v) is 11.6. The monoisotopic (exact) mass is 281 g/mol. The van der Waals surface area contributed by atoms with Crippen molar-refractivity contribution in [1.82, 2.24) is 0 Å². The van der Waals surface area contributed by atoms with Crippen LogP contribution in [0.5, 0.6) is 5.75 Å². The van der Waals surface area contributed by atoms with E-state index in [1.807, 2.05) is 0 Å². The van der Waals surface area contributed by atoms with Crippen LogP contribution >= 0.6 is 0 Å². The molecule has 0 aliphatic carbocycles. The molecule has 1 aromatic rings. The molecule has 0 aliphatic heterocycles. The lowest BCUT2D eigenvalue weighted by molar-refractivity contribution is -0.385. The van der Waals surface area contributed by atoms with Gasteiger partial charge in [0.05, 0.1) is 22.6 Å². The average molecular weight is 281 g/mol. The maximum absolute atomic E-state index is 11.0. The predicted molar refractivity (Wildman–Crippen MR) is 74.3 cm³/mol. The van der Waals surface area contributed by atoms with Gasteiger partial charge in [0, 0.05) is 6.07 Å². The Morgan fingerprint density at radius 1 is 1.50 bits per heavy atom. The van der Waals surface area contributed by atoms with E-state index in [1.54, 1.807) is 26.0 Å². The molecule has 7 heteroatoms. The number of hydrogen-bond donors (Lipinski definition) is 2. The van der Waals surface area contributed by atoms with Crippen LogP contribution in [0.3, 0.4) is 0 Å². The Kier molecular flexibility index (Phi) is 5.04. The summed E-state index contributed by atoms with van der Waals surface area (Å²) in [5, 5.41) is 10.8. The van der Waals surface area contributed by atoms with E-state index in [2.05, 4.69) is 0 Å². The number of nitro groups is 1. The third kappa shape index (κ3) is 3.92. The van der Waals surface area contributed by atoms with Gasteiger partial charge in [-0.15, -0.1) is 0 Å². The molecule has 7 nitrogen and oxygen atoms in total. The summed E-state index contributed by atoms with van der Waals surface area (Å²) in [7, 11) is 0. The number of rotatable bonds is 7. The van der Waals surface area contributed by atoms with Gasteiger partial charge < -0.3 is 16.2 Å². The van der Waals surface area contributed by atoms with Crippen molar-refractivity contribution in [2.24, 2.45) is 11.5 Å². The zero-order valence-electron chi connectivity index (χ0n) is 11.6. The fourth-order valence-electron chi connectivity index (χ4n) is 1.70. The molecule has 0 saturated heterocycles. The summed E-state index contributed by atoms with van der Waals surface area (Å²) in [5.74, 6) is -0.110. The van der Waals surface area contributed by atoms with Gasteiger partial charge in [0.15, 0.2) is 0 Å². The minimum atomic E-state index is -1.07. The van der Waals surface area contributed by atoms with Crippen molar-refractivity contribution in [1.29, 1.82) is 0 Å². The van der Waals surface area contributed by atoms with Crippen molar-refractivity contribution in [3.63, 3.8) is 0 Å². The molecule has 0 aliphatic rings. The first-order chi connectivity index (χ1) is 9.25. The van der Waals surface area contributed by atoms with Crippen LogP contribution in [-0.2, 0) is 4.79 Å². The Hall–Kier alpha value is -2.15. The summed E-state index contributed by atoms with van der Waals surface area (Å²) in [4.78, 5) is 21.4. The van der Waals surface area contributed by atoms with Crippen molar-refractivity contribution >= 4 is 11.6 Å². The summed E-state index contributed by atoms with van der Waals surface area (Å²) in [6.07, 6.45) is 0.911. The standard InChI is InChI=1S/C13H19N3O4/c1-9-10(16(18)19)5-3-6-11(9)20-8-4-7-13(2,15)12(14)17/h3,5-6H,4,7-8,15H2,1-2H3,(H2,14,17). The quantitative estimate of drug-likeness (QED) is 0.442. The molecule has 0 heterocycles. The number of nitrogens with zero attached hydrogens (tertiary/aromatic N) is 1. The lowest BCUT2D eigenvalue weighted by Crippen LogP contribution is -2.49. The Balaban J connectivity index is 2.57. The fourth-order valence-corrected chi connectivity index (χ4v) is 1.70. The average Bonchev–Trinajstić information content (AvgIpc) is 2.35. The molecule has 0 fully saturated rings. The molecule has 1 rings (SSSR count). The predicted octanol–water partition coefficient (Wildman–Crippen LogP) is 1.26. The summed E-state index contributed by atoms with van der Waals surface area (Å²) < 4.78 is 5.49. The Labute approximate surface area is 117 Å². The van der Waals surface area contributed by atoms with E-state index in [4.69, 9.17) is 16.2 Å². The Morgan fingerprint density at radius 2 is 2.15 bits per heavy atom. The molecule has 110 valence electrons. The minimum absolute atomic E-state index is 0.0169. The lowest BCUT2D eigenvalue weighted by atomic mass is 9.97. The third-order valence-corrected chi connectivity index (χ3v) is 3.11.